The van der Waals surface area contributed by atoms with E-state index in [1.807, 2.05) is 0 Å². The van der Waals surface area contributed by atoms with Gasteiger partial charge in [0, 0.05) is 19.2 Å². The number of alkyl carbamates (subject to hydrolysis) is 1. The topological polar surface area (TPSA) is 96.9 Å². The summed E-state index contributed by atoms with van der Waals surface area (Å²) >= 11 is 0. The Hall–Kier alpha value is -1.50. The van der Waals surface area contributed by atoms with E-state index >= 15 is 0 Å². The van der Waals surface area contributed by atoms with Crippen molar-refractivity contribution in [3.63, 3.8) is 0 Å². The monoisotopic (exact) mass is 414 g/mol. The molecule has 7 heteroatoms. The van der Waals surface area contributed by atoms with Gasteiger partial charge in [-0.2, -0.15) is 0 Å². The summed E-state index contributed by atoms with van der Waals surface area (Å²) < 4.78 is 10.9. The van der Waals surface area contributed by atoms with E-state index in [4.69, 9.17) is 14.6 Å². The van der Waals surface area contributed by atoms with Crippen LogP contribution in [0.1, 0.15) is 79.6 Å². The first-order valence-electron chi connectivity index (χ1n) is 11.1. The summed E-state index contributed by atoms with van der Waals surface area (Å²) in [7, 11) is 0. The van der Waals surface area contributed by atoms with Crippen molar-refractivity contribution in [2.45, 2.75) is 85.6 Å². The maximum atomic E-state index is 12.0. The van der Waals surface area contributed by atoms with Crippen LogP contribution in [-0.2, 0) is 9.47 Å². The second-order valence-electron chi connectivity index (χ2n) is 9.69. The molecule has 0 heterocycles. The lowest BCUT2D eigenvalue weighted by Gasteiger charge is -2.46. The number of ether oxygens (including phenoxy) is 2. The lowest BCUT2D eigenvalue weighted by Crippen LogP contribution is -2.50. The average molecular weight is 415 g/mol. The fourth-order valence-corrected chi connectivity index (χ4v) is 4.72. The molecule has 3 atom stereocenters. The molecule has 1 rings (SSSR count). The Morgan fingerprint density at radius 3 is 2.52 bits per heavy atom. The molecule has 1 aliphatic rings. The number of nitrogens with one attached hydrogen (secondary N) is 2. The summed E-state index contributed by atoms with van der Waals surface area (Å²) in [6.45, 7) is 12.6. The summed E-state index contributed by atoms with van der Waals surface area (Å²) in [5.74, 6) is 0.575. The van der Waals surface area contributed by atoms with E-state index in [0.29, 0.717) is 32.1 Å². The molecule has 170 valence electrons. The Morgan fingerprint density at radius 1 is 1.17 bits per heavy atom. The highest BCUT2D eigenvalue weighted by atomic mass is 16.6. The van der Waals surface area contributed by atoms with E-state index in [0.717, 1.165) is 19.3 Å². The van der Waals surface area contributed by atoms with E-state index in [9.17, 15) is 9.59 Å². The lowest BCUT2D eigenvalue weighted by atomic mass is 9.62. The Kier molecular flexibility index (Phi) is 10.8. The van der Waals surface area contributed by atoms with Crippen LogP contribution in [0.2, 0.25) is 0 Å². The van der Waals surface area contributed by atoms with Gasteiger partial charge in [0.2, 0.25) is 0 Å². The Balaban J connectivity index is 2.31. The first-order chi connectivity index (χ1) is 13.6. The van der Waals surface area contributed by atoms with Gasteiger partial charge in [-0.3, -0.25) is 0 Å². The third kappa shape index (κ3) is 10.7. The smallest absolute Gasteiger partial charge is 0.407 e. The molecule has 0 aromatic rings. The molecule has 0 aromatic carbocycles. The second-order valence-corrected chi connectivity index (χ2v) is 9.69. The average Bonchev–Trinajstić information content (AvgIpc) is 2.60. The van der Waals surface area contributed by atoms with Crippen LogP contribution < -0.4 is 10.6 Å². The third-order valence-electron chi connectivity index (χ3n) is 5.79. The molecule has 0 aromatic heterocycles. The zero-order valence-corrected chi connectivity index (χ0v) is 19.0. The van der Waals surface area contributed by atoms with Crippen molar-refractivity contribution in [3.8, 4) is 0 Å². The van der Waals surface area contributed by atoms with E-state index in [1.165, 1.54) is 19.3 Å². The van der Waals surface area contributed by atoms with Crippen molar-refractivity contribution in [2.24, 2.45) is 16.7 Å². The van der Waals surface area contributed by atoms with Gasteiger partial charge in [-0.15, -0.1) is 0 Å². The maximum absolute atomic E-state index is 12.0. The van der Waals surface area contributed by atoms with Crippen LogP contribution in [0, 0.1) is 16.7 Å². The molecule has 2 amide bonds. The van der Waals surface area contributed by atoms with Crippen molar-refractivity contribution in [3.05, 3.63) is 0 Å². The number of carboxylic acid groups (broad SMARTS) is 1. The summed E-state index contributed by atoms with van der Waals surface area (Å²) in [6.07, 6.45) is 5.67. The molecular formula is C22H42N2O5. The van der Waals surface area contributed by atoms with Crippen LogP contribution in [0.5, 0.6) is 0 Å². The zero-order valence-electron chi connectivity index (χ0n) is 19.0. The quantitative estimate of drug-likeness (QED) is 0.399. The molecule has 3 unspecified atom stereocenters. The summed E-state index contributed by atoms with van der Waals surface area (Å²) in [5, 5.41) is 14.5. The summed E-state index contributed by atoms with van der Waals surface area (Å²) in [4.78, 5) is 23.1. The standard InChI is InChI=1S/C22H42N2O5/c1-6-8-9-17(7-2)14-28-10-11-29-20(27)23-16-22(5)13-18(24-19(25)26)12-21(3,4)15-22/h17-18,24H,6-16H2,1-5H3,(H,23,27)(H,25,26). The minimum atomic E-state index is -0.998. The molecule has 0 spiro atoms. The SMILES string of the molecule is CCCCC(CC)COCCOC(=O)NCC1(C)CC(NC(=O)O)CC(C)(C)C1. The molecule has 0 aliphatic heterocycles. The van der Waals surface area contributed by atoms with Crippen molar-refractivity contribution >= 4 is 12.2 Å². The van der Waals surface area contributed by atoms with E-state index in [-0.39, 0.29) is 23.5 Å². The van der Waals surface area contributed by atoms with Crippen molar-refractivity contribution in [1.82, 2.24) is 10.6 Å². The van der Waals surface area contributed by atoms with Crippen LogP contribution in [0.15, 0.2) is 0 Å². The maximum Gasteiger partial charge on any atom is 0.407 e. The molecule has 7 nitrogen and oxygen atoms in total. The minimum Gasteiger partial charge on any atom is -0.465 e. The highest BCUT2D eigenvalue weighted by Gasteiger charge is 2.41. The van der Waals surface area contributed by atoms with Gasteiger partial charge in [-0.05, 0) is 42.4 Å². The highest BCUT2D eigenvalue weighted by molar-refractivity contribution is 5.67. The minimum absolute atomic E-state index is 0.00708. The van der Waals surface area contributed by atoms with Crippen LogP contribution in [-0.4, -0.2) is 49.7 Å². The molecule has 1 fully saturated rings. The molecule has 3 N–H and O–H groups in total. The molecule has 0 radical (unpaired) electrons. The van der Waals surface area contributed by atoms with Crippen LogP contribution in [0.4, 0.5) is 9.59 Å². The third-order valence-corrected chi connectivity index (χ3v) is 5.79. The Labute approximate surface area is 176 Å². The van der Waals surface area contributed by atoms with E-state index in [1.54, 1.807) is 0 Å². The molecule has 1 saturated carbocycles. The zero-order chi connectivity index (χ0) is 21.9. The number of unbranched alkanes of at least 4 members (excludes halogenated alkanes) is 1. The second kappa shape index (κ2) is 12.3. The van der Waals surface area contributed by atoms with Crippen LogP contribution in [0.3, 0.4) is 0 Å². The van der Waals surface area contributed by atoms with E-state index < -0.39 is 12.2 Å². The first kappa shape index (κ1) is 25.5. The lowest BCUT2D eigenvalue weighted by molar-refractivity contribution is 0.0460. The first-order valence-corrected chi connectivity index (χ1v) is 11.1. The number of hydrogen-bond acceptors (Lipinski definition) is 4. The molecule has 1 aliphatic carbocycles. The van der Waals surface area contributed by atoms with Crippen molar-refractivity contribution < 1.29 is 24.2 Å². The van der Waals surface area contributed by atoms with Crippen molar-refractivity contribution in [2.75, 3.05) is 26.4 Å². The van der Waals surface area contributed by atoms with Gasteiger partial charge in [-0.25, -0.2) is 9.59 Å². The largest absolute Gasteiger partial charge is 0.465 e. The molecule has 0 saturated heterocycles. The van der Waals surface area contributed by atoms with Gasteiger partial charge < -0.3 is 25.2 Å². The van der Waals surface area contributed by atoms with E-state index in [2.05, 4.69) is 45.3 Å². The highest BCUT2D eigenvalue weighted by Crippen LogP contribution is 2.45. The predicted octanol–water partition coefficient (Wildman–Crippen LogP) is 4.80. The van der Waals surface area contributed by atoms with Crippen LogP contribution >= 0.6 is 0 Å². The van der Waals surface area contributed by atoms with Gasteiger partial charge in [-0.1, -0.05) is 53.9 Å². The number of amides is 2. The van der Waals surface area contributed by atoms with Gasteiger partial charge in [0.05, 0.1) is 6.61 Å². The van der Waals surface area contributed by atoms with Crippen molar-refractivity contribution in [1.29, 1.82) is 0 Å². The number of rotatable bonds is 12. The van der Waals surface area contributed by atoms with Gasteiger partial charge in [0.15, 0.2) is 0 Å². The predicted molar refractivity (Wildman–Crippen MR) is 114 cm³/mol. The summed E-state index contributed by atoms with van der Waals surface area (Å²) in [5.41, 5.74) is -0.175. The van der Waals surface area contributed by atoms with Crippen LogP contribution in [0.25, 0.3) is 0 Å². The fraction of sp³-hybridized carbons (Fsp3) is 0.909. The van der Waals surface area contributed by atoms with Gasteiger partial charge in [0.1, 0.15) is 6.61 Å². The number of carbonyl (C=O) groups excluding carboxylic acids is 1. The number of hydrogen-bond donors (Lipinski definition) is 3. The van der Waals surface area contributed by atoms with Gasteiger partial charge in [0.25, 0.3) is 0 Å². The number of carbonyl (C=O) groups is 2. The normalized spacial score (nSPS) is 24.5. The molecular weight excluding hydrogens is 372 g/mol. The Bertz CT molecular complexity index is 511. The summed E-state index contributed by atoms with van der Waals surface area (Å²) in [6, 6.07) is -0.105. The fourth-order valence-electron chi connectivity index (χ4n) is 4.72. The molecule has 0 bridgehead atoms. The molecule has 29 heavy (non-hydrogen) atoms. The Morgan fingerprint density at radius 2 is 1.90 bits per heavy atom. The van der Waals surface area contributed by atoms with Gasteiger partial charge >= 0.3 is 12.2 Å².